The lowest BCUT2D eigenvalue weighted by Gasteiger charge is -2.26. The Bertz CT molecular complexity index is 667. The van der Waals surface area contributed by atoms with Gasteiger partial charge in [-0.2, -0.15) is 0 Å². The van der Waals surface area contributed by atoms with E-state index in [4.69, 9.17) is 4.74 Å². The maximum absolute atomic E-state index is 13.6. The first-order valence-corrected chi connectivity index (χ1v) is 6.60. The highest BCUT2D eigenvalue weighted by Crippen LogP contribution is 2.28. The number of hydrogen-bond acceptors (Lipinski definition) is 3. The Morgan fingerprint density at radius 2 is 1.86 bits per heavy atom. The van der Waals surface area contributed by atoms with Gasteiger partial charge >= 0.3 is 0 Å². The molecule has 2 aromatic rings. The Morgan fingerprint density at radius 3 is 2.62 bits per heavy atom. The Morgan fingerprint density at radius 1 is 1.14 bits per heavy atom. The second-order valence-electron chi connectivity index (χ2n) is 4.83. The topological polar surface area (TPSA) is 38.3 Å². The van der Waals surface area contributed by atoms with E-state index in [1.807, 2.05) is 12.1 Å². The molecule has 0 aromatic heterocycles. The zero-order valence-electron chi connectivity index (χ0n) is 11.1. The summed E-state index contributed by atoms with van der Waals surface area (Å²) in [5.74, 6) is -1.22. The van der Waals surface area contributed by atoms with Gasteiger partial charge in [0.1, 0.15) is 17.4 Å². The second-order valence-corrected chi connectivity index (χ2v) is 4.83. The number of benzene rings is 2. The molecule has 0 saturated heterocycles. The third-order valence-corrected chi connectivity index (χ3v) is 3.41. The van der Waals surface area contributed by atoms with E-state index in [0.717, 1.165) is 17.8 Å². The van der Waals surface area contributed by atoms with E-state index in [0.29, 0.717) is 5.75 Å². The van der Waals surface area contributed by atoms with Crippen molar-refractivity contribution in [2.45, 2.75) is 12.5 Å². The minimum Gasteiger partial charge on any atom is -0.479 e. The summed E-state index contributed by atoms with van der Waals surface area (Å²) >= 11 is 0. The van der Waals surface area contributed by atoms with Gasteiger partial charge in [0.05, 0.1) is 12.2 Å². The average Bonchev–Trinajstić information content (AvgIpc) is 2.50. The molecule has 0 bridgehead atoms. The molecule has 0 fully saturated rings. The van der Waals surface area contributed by atoms with Crippen molar-refractivity contribution >= 4 is 11.5 Å². The zero-order chi connectivity index (χ0) is 14.8. The van der Waals surface area contributed by atoms with Gasteiger partial charge < -0.3 is 10.1 Å². The molecule has 5 heteroatoms. The Hall–Kier alpha value is -2.43. The molecule has 1 unspecified atom stereocenters. The molecular weight excluding hydrogens is 276 g/mol. The Balaban J connectivity index is 1.76. The molecule has 3 nitrogen and oxygen atoms in total. The molecule has 108 valence electrons. The van der Waals surface area contributed by atoms with E-state index >= 15 is 0 Å². The fourth-order valence-electron chi connectivity index (χ4n) is 2.28. The number of nitrogens with one attached hydrogen (secondary N) is 1. The first-order valence-electron chi connectivity index (χ1n) is 6.60. The first-order chi connectivity index (χ1) is 10.1. The third kappa shape index (κ3) is 2.72. The standard InChI is InChI=1S/C16H13F2NO2/c17-11-4-3-5-12(18)10(11)8-14(20)16-9-19-13-6-1-2-7-15(13)21-16/h1-7,16,19H,8-9H2. The second kappa shape index (κ2) is 5.52. The fourth-order valence-corrected chi connectivity index (χ4v) is 2.28. The average molecular weight is 289 g/mol. The van der Waals surface area contributed by atoms with Crippen molar-refractivity contribution < 1.29 is 18.3 Å². The number of para-hydroxylation sites is 2. The van der Waals surface area contributed by atoms with Crippen LogP contribution >= 0.6 is 0 Å². The van der Waals surface area contributed by atoms with Crippen LogP contribution in [0.2, 0.25) is 0 Å². The summed E-state index contributed by atoms with van der Waals surface area (Å²) in [6.07, 6.45) is -1.08. The number of halogens is 2. The van der Waals surface area contributed by atoms with Gasteiger partial charge in [0.2, 0.25) is 0 Å². The highest BCUT2D eigenvalue weighted by Gasteiger charge is 2.27. The van der Waals surface area contributed by atoms with Gasteiger partial charge in [-0.05, 0) is 24.3 Å². The lowest BCUT2D eigenvalue weighted by molar-refractivity contribution is -0.124. The van der Waals surface area contributed by atoms with E-state index in [1.165, 1.54) is 6.07 Å². The van der Waals surface area contributed by atoms with Crippen molar-refractivity contribution in [1.82, 2.24) is 0 Å². The van der Waals surface area contributed by atoms with Crippen LogP contribution in [0.15, 0.2) is 42.5 Å². The van der Waals surface area contributed by atoms with Crippen molar-refractivity contribution in [3.05, 3.63) is 59.7 Å². The number of rotatable bonds is 3. The minimum atomic E-state index is -0.751. The monoisotopic (exact) mass is 289 g/mol. The Labute approximate surface area is 120 Å². The number of ketones is 1. The number of hydrogen-bond donors (Lipinski definition) is 1. The van der Waals surface area contributed by atoms with E-state index < -0.39 is 17.7 Å². The van der Waals surface area contributed by atoms with Crippen molar-refractivity contribution in [3.8, 4) is 5.75 Å². The lowest BCUT2D eigenvalue weighted by atomic mass is 10.0. The van der Waals surface area contributed by atoms with Crippen molar-refractivity contribution in [2.75, 3.05) is 11.9 Å². The molecule has 0 spiro atoms. The summed E-state index contributed by atoms with van der Waals surface area (Å²) in [4.78, 5) is 12.2. The first kappa shape index (κ1) is 13.5. The van der Waals surface area contributed by atoms with Crippen LogP contribution in [0.5, 0.6) is 5.75 Å². The van der Waals surface area contributed by atoms with Gasteiger partial charge in [0, 0.05) is 12.0 Å². The number of Topliss-reactive ketones (excluding diaryl/α,β-unsaturated/α-hetero) is 1. The van der Waals surface area contributed by atoms with Gasteiger partial charge in [0.25, 0.3) is 0 Å². The third-order valence-electron chi connectivity index (χ3n) is 3.41. The summed E-state index contributed by atoms with van der Waals surface area (Å²) in [6.45, 7) is 0.284. The molecule has 0 aliphatic carbocycles. The molecule has 1 aliphatic rings. The summed E-state index contributed by atoms with van der Waals surface area (Å²) in [5.41, 5.74) is 0.587. The predicted molar refractivity (Wildman–Crippen MR) is 74.4 cm³/mol. The van der Waals surface area contributed by atoms with Crippen LogP contribution in [0.25, 0.3) is 0 Å². The molecule has 0 radical (unpaired) electrons. The highest BCUT2D eigenvalue weighted by molar-refractivity contribution is 5.87. The molecular formula is C16H13F2NO2. The number of carbonyl (C=O) groups excluding carboxylic acids is 1. The summed E-state index contributed by atoms with van der Waals surface area (Å²) in [7, 11) is 0. The van der Waals surface area contributed by atoms with Crippen LogP contribution in [0, 0.1) is 11.6 Å². The smallest absolute Gasteiger partial charge is 0.179 e. The summed E-state index contributed by atoms with van der Waals surface area (Å²) in [6, 6.07) is 10.8. The van der Waals surface area contributed by atoms with Gasteiger partial charge in [-0.15, -0.1) is 0 Å². The molecule has 1 atom stereocenters. The van der Waals surface area contributed by atoms with E-state index in [1.54, 1.807) is 12.1 Å². The minimum absolute atomic E-state index is 0.218. The molecule has 1 aliphatic heterocycles. The number of ether oxygens (including phenoxy) is 1. The highest BCUT2D eigenvalue weighted by atomic mass is 19.1. The zero-order valence-corrected chi connectivity index (χ0v) is 11.1. The van der Waals surface area contributed by atoms with Crippen LogP contribution in [0.3, 0.4) is 0 Å². The van der Waals surface area contributed by atoms with E-state index in [-0.39, 0.29) is 24.3 Å². The molecule has 3 rings (SSSR count). The number of fused-ring (bicyclic) bond motifs is 1. The predicted octanol–water partition coefficient (Wildman–Crippen LogP) is 2.95. The quantitative estimate of drug-likeness (QED) is 0.944. The van der Waals surface area contributed by atoms with E-state index in [9.17, 15) is 13.6 Å². The van der Waals surface area contributed by atoms with Gasteiger partial charge in [0.15, 0.2) is 11.9 Å². The summed E-state index contributed by atoms with van der Waals surface area (Å²) in [5, 5.41) is 3.08. The largest absolute Gasteiger partial charge is 0.479 e. The summed E-state index contributed by atoms with van der Waals surface area (Å²) < 4.78 is 32.7. The maximum atomic E-state index is 13.6. The van der Waals surface area contributed by atoms with Crippen LogP contribution in [0.1, 0.15) is 5.56 Å². The molecule has 2 aromatic carbocycles. The van der Waals surface area contributed by atoms with Crippen molar-refractivity contribution in [1.29, 1.82) is 0 Å². The molecule has 1 heterocycles. The molecule has 0 amide bonds. The number of anilines is 1. The van der Waals surface area contributed by atoms with Gasteiger partial charge in [-0.1, -0.05) is 18.2 Å². The van der Waals surface area contributed by atoms with Crippen LogP contribution < -0.4 is 10.1 Å². The van der Waals surface area contributed by atoms with Crippen molar-refractivity contribution in [2.24, 2.45) is 0 Å². The van der Waals surface area contributed by atoms with E-state index in [2.05, 4.69) is 5.32 Å². The van der Waals surface area contributed by atoms with Gasteiger partial charge in [-0.25, -0.2) is 8.78 Å². The number of carbonyl (C=O) groups is 1. The SMILES string of the molecule is O=C(Cc1c(F)cccc1F)C1CNc2ccccc2O1. The molecule has 0 saturated carbocycles. The van der Waals surface area contributed by atoms with Crippen LogP contribution in [0.4, 0.5) is 14.5 Å². The molecule has 21 heavy (non-hydrogen) atoms. The normalized spacial score (nSPS) is 16.6. The van der Waals surface area contributed by atoms with Crippen LogP contribution in [-0.4, -0.2) is 18.4 Å². The lowest BCUT2D eigenvalue weighted by Crippen LogP contribution is -2.38. The molecule has 1 N–H and O–H groups in total. The maximum Gasteiger partial charge on any atom is 0.179 e. The fraction of sp³-hybridized carbons (Fsp3) is 0.188. The van der Waals surface area contributed by atoms with Gasteiger partial charge in [-0.3, -0.25) is 4.79 Å². The Kier molecular flexibility index (Phi) is 3.56. The van der Waals surface area contributed by atoms with Crippen LogP contribution in [-0.2, 0) is 11.2 Å². The van der Waals surface area contributed by atoms with Crippen molar-refractivity contribution in [3.63, 3.8) is 0 Å².